The first kappa shape index (κ1) is 12.2. The number of hydrogen-bond acceptors (Lipinski definition) is 3. The zero-order valence-electron chi connectivity index (χ0n) is 9.56. The first-order chi connectivity index (χ1) is 7.63. The Kier molecular flexibility index (Phi) is 4.51. The first-order valence-corrected chi connectivity index (χ1v) is 5.13. The van der Waals surface area contributed by atoms with Gasteiger partial charge in [0.15, 0.2) is 0 Å². The van der Waals surface area contributed by atoms with Gasteiger partial charge in [-0.3, -0.25) is 9.59 Å². The van der Waals surface area contributed by atoms with E-state index in [0.717, 1.165) is 17.7 Å². The molecule has 0 atom stereocenters. The van der Waals surface area contributed by atoms with Crippen molar-refractivity contribution in [1.82, 2.24) is 5.32 Å². The Morgan fingerprint density at radius 3 is 2.44 bits per heavy atom. The van der Waals surface area contributed by atoms with Gasteiger partial charge in [-0.1, -0.05) is 12.1 Å². The zero-order valence-corrected chi connectivity index (χ0v) is 9.56. The summed E-state index contributed by atoms with van der Waals surface area (Å²) in [7, 11) is 3.97. The third kappa shape index (κ3) is 3.73. The highest BCUT2D eigenvalue weighted by Crippen LogP contribution is 2.12. The largest absolute Gasteiger partial charge is 0.378 e. The molecular formula is C12H16N2O2. The molecule has 16 heavy (non-hydrogen) atoms. The average molecular weight is 220 g/mol. The molecule has 0 aliphatic heterocycles. The highest BCUT2D eigenvalue weighted by atomic mass is 16.2. The number of rotatable bonds is 5. The number of anilines is 1. The summed E-state index contributed by atoms with van der Waals surface area (Å²) in [5, 5.41) is 2.50. The zero-order chi connectivity index (χ0) is 12.0. The minimum Gasteiger partial charge on any atom is -0.378 e. The summed E-state index contributed by atoms with van der Waals surface area (Å²) in [6.45, 7) is 0.485. The van der Waals surface area contributed by atoms with Gasteiger partial charge in [0, 0.05) is 26.3 Å². The Labute approximate surface area is 95.3 Å². The fourth-order valence-corrected chi connectivity index (χ4v) is 1.33. The Bertz CT molecular complexity index is 358. The van der Waals surface area contributed by atoms with Crippen molar-refractivity contribution in [2.45, 2.75) is 6.42 Å². The Morgan fingerprint density at radius 1 is 1.31 bits per heavy atom. The Morgan fingerprint density at radius 2 is 1.94 bits per heavy atom. The molecule has 0 saturated heterocycles. The summed E-state index contributed by atoms with van der Waals surface area (Å²) in [5.74, 6) is -0.565. The lowest BCUT2D eigenvalue weighted by Gasteiger charge is -2.12. The maximum Gasteiger partial charge on any atom is 0.284 e. The number of aldehydes is 1. The van der Waals surface area contributed by atoms with Crippen LogP contribution in [-0.4, -0.2) is 32.8 Å². The van der Waals surface area contributed by atoms with Gasteiger partial charge in [0.2, 0.25) is 6.29 Å². The predicted octanol–water partition coefficient (Wildman–Crippen LogP) is 0.610. The van der Waals surface area contributed by atoms with Gasteiger partial charge >= 0.3 is 0 Å². The van der Waals surface area contributed by atoms with Crippen molar-refractivity contribution in [3.05, 3.63) is 29.8 Å². The summed E-state index contributed by atoms with van der Waals surface area (Å²) in [5.41, 5.74) is 2.28. The fraction of sp³-hybridized carbons (Fsp3) is 0.333. The van der Waals surface area contributed by atoms with Crippen molar-refractivity contribution >= 4 is 17.9 Å². The molecule has 4 heteroatoms. The molecule has 1 N–H and O–H groups in total. The van der Waals surface area contributed by atoms with Gasteiger partial charge in [-0.2, -0.15) is 0 Å². The van der Waals surface area contributed by atoms with E-state index in [-0.39, 0.29) is 6.29 Å². The monoisotopic (exact) mass is 220 g/mol. The number of nitrogens with zero attached hydrogens (tertiary/aromatic N) is 1. The van der Waals surface area contributed by atoms with Gasteiger partial charge in [-0.15, -0.1) is 0 Å². The van der Waals surface area contributed by atoms with Gasteiger partial charge in [0.25, 0.3) is 5.91 Å². The summed E-state index contributed by atoms with van der Waals surface area (Å²) in [6.07, 6.45) is 1.02. The third-order valence-corrected chi connectivity index (χ3v) is 2.27. The van der Waals surface area contributed by atoms with Gasteiger partial charge in [0.05, 0.1) is 0 Å². The summed E-state index contributed by atoms with van der Waals surface area (Å²) >= 11 is 0. The number of benzene rings is 1. The van der Waals surface area contributed by atoms with E-state index in [1.165, 1.54) is 0 Å². The number of nitrogens with one attached hydrogen (secondary N) is 1. The van der Waals surface area contributed by atoms with E-state index >= 15 is 0 Å². The number of hydrogen-bond donors (Lipinski definition) is 1. The molecule has 0 bridgehead atoms. The van der Waals surface area contributed by atoms with Gasteiger partial charge in [-0.25, -0.2) is 0 Å². The number of amides is 1. The molecular weight excluding hydrogens is 204 g/mol. The molecule has 0 radical (unpaired) electrons. The van der Waals surface area contributed by atoms with Crippen LogP contribution in [0.2, 0.25) is 0 Å². The van der Waals surface area contributed by atoms with Crippen molar-refractivity contribution in [2.24, 2.45) is 0 Å². The van der Waals surface area contributed by atoms with Gasteiger partial charge in [0.1, 0.15) is 0 Å². The van der Waals surface area contributed by atoms with Crippen LogP contribution in [0.3, 0.4) is 0 Å². The van der Waals surface area contributed by atoms with E-state index in [1.54, 1.807) is 0 Å². The van der Waals surface area contributed by atoms with E-state index in [2.05, 4.69) is 5.32 Å². The van der Waals surface area contributed by atoms with Crippen LogP contribution in [0.15, 0.2) is 24.3 Å². The average Bonchev–Trinajstić information content (AvgIpc) is 2.29. The van der Waals surface area contributed by atoms with Crippen LogP contribution < -0.4 is 10.2 Å². The van der Waals surface area contributed by atoms with Crippen molar-refractivity contribution < 1.29 is 9.59 Å². The molecule has 0 aliphatic rings. The van der Waals surface area contributed by atoms with Crippen LogP contribution in [0.25, 0.3) is 0 Å². The summed E-state index contributed by atoms with van der Waals surface area (Å²) in [4.78, 5) is 22.7. The maximum atomic E-state index is 10.7. The molecule has 0 heterocycles. The molecule has 1 aromatic carbocycles. The number of carbonyl (C=O) groups is 2. The first-order valence-electron chi connectivity index (χ1n) is 5.13. The van der Waals surface area contributed by atoms with Crippen LogP contribution in [0.1, 0.15) is 5.56 Å². The highest BCUT2D eigenvalue weighted by molar-refractivity contribution is 6.23. The van der Waals surface area contributed by atoms with Gasteiger partial charge < -0.3 is 10.2 Å². The van der Waals surface area contributed by atoms with E-state index < -0.39 is 5.91 Å². The normalized spacial score (nSPS) is 9.62. The lowest BCUT2D eigenvalue weighted by Crippen LogP contribution is -2.26. The topological polar surface area (TPSA) is 49.4 Å². The van der Waals surface area contributed by atoms with Crippen LogP contribution in [0, 0.1) is 0 Å². The lowest BCUT2D eigenvalue weighted by atomic mass is 10.1. The Hall–Kier alpha value is -1.84. The molecule has 0 aromatic heterocycles. The Balaban J connectivity index is 2.43. The van der Waals surface area contributed by atoms with Crippen molar-refractivity contribution in [1.29, 1.82) is 0 Å². The van der Waals surface area contributed by atoms with Crippen molar-refractivity contribution in [2.75, 3.05) is 25.5 Å². The van der Waals surface area contributed by atoms with Crippen molar-refractivity contribution in [3.63, 3.8) is 0 Å². The van der Waals surface area contributed by atoms with E-state index in [1.807, 2.05) is 43.3 Å². The molecule has 0 aliphatic carbocycles. The molecule has 0 fully saturated rings. The quantitative estimate of drug-likeness (QED) is 0.584. The fourth-order valence-electron chi connectivity index (χ4n) is 1.33. The van der Waals surface area contributed by atoms with E-state index in [0.29, 0.717) is 6.54 Å². The maximum absolute atomic E-state index is 10.7. The SMILES string of the molecule is CN(C)c1ccc(CCNC(=O)C=O)cc1. The van der Waals surface area contributed by atoms with Crippen LogP contribution in [-0.2, 0) is 16.0 Å². The van der Waals surface area contributed by atoms with E-state index in [9.17, 15) is 9.59 Å². The van der Waals surface area contributed by atoms with Crippen LogP contribution in [0.4, 0.5) is 5.69 Å². The van der Waals surface area contributed by atoms with E-state index in [4.69, 9.17) is 0 Å². The molecule has 1 aromatic rings. The summed E-state index contributed by atoms with van der Waals surface area (Å²) < 4.78 is 0. The second-order valence-corrected chi connectivity index (χ2v) is 3.72. The lowest BCUT2D eigenvalue weighted by molar-refractivity contribution is -0.131. The molecule has 0 saturated carbocycles. The summed E-state index contributed by atoms with van der Waals surface area (Å²) in [6, 6.07) is 8.08. The van der Waals surface area contributed by atoms with Gasteiger partial charge in [-0.05, 0) is 24.1 Å². The highest BCUT2D eigenvalue weighted by Gasteiger charge is 1.98. The number of carbonyl (C=O) groups excluding carboxylic acids is 2. The third-order valence-electron chi connectivity index (χ3n) is 2.27. The second kappa shape index (κ2) is 5.90. The molecule has 86 valence electrons. The standard InChI is InChI=1S/C12H16N2O2/c1-14(2)11-5-3-10(4-6-11)7-8-13-12(16)9-15/h3-6,9H,7-8H2,1-2H3,(H,13,16). The predicted molar refractivity (Wildman–Crippen MR) is 63.5 cm³/mol. The second-order valence-electron chi connectivity index (χ2n) is 3.72. The van der Waals surface area contributed by atoms with Crippen LogP contribution >= 0.6 is 0 Å². The minimum absolute atomic E-state index is 0.287. The molecule has 0 unspecified atom stereocenters. The van der Waals surface area contributed by atoms with Crippen LogP contribution in [0.5, 0.6) is 0 Å². The smallest absolute Gasteiger partial charge is 0.284 e. The molecule has 0 spiro atoms. The molecule has 1 rings (SSSR count). The van der Waals surface area contributed by atoms with Crippen molar-refractivity contribution in [3.8, 4) is 0 Å². The molecule has 1 amide bonds. The molecule has 4 nitrogen and oxygen atoms in total. The minimum atomic E-state index is -0.565.